The summed E-state index contributed by atoms with van der Waals surface area (Å²) >= 11 is 1.85. The zero-order valence-electron chi connectivity index (χ0n) is 9.00. The number of hydrogen-bond acceptors (Lipinski definition) is 3. The molecule has 0 radical (unpaired) electrons. The fraction of sp³-hybridized carbons (Fsp3) is 0.455. The number of nitrogens with one attached hydrogen (secondary N) is 1. The predicted octanol–water partition coefficient (Wildman–Crippen LogP) is 2.74. The maximum absolute atomic E-state index is 5.83. The summed E-state index contributed by atoms with van der Waals surface area (Å²) in [6.07, 6.45) is 2.12. The van der Waals surface area contributed by atoms with Crippen molar-refractivity contribution in [1.82, 2.24) is 0 Å². The topological polar surface area (TPSA) is 38.0 Å². The number of nitrogen functional groups attached to an aromatic ring is 1. The van der Waals surface area contributed by atoms with Crippen molar-refractivity contribution >= 4 is 23.1 Å². The highest BCUT2D eigenvalue weighted by Gasteiger charge is 2.04. The van der Waals surface area contributed by atoms with Gasteiger partial charge in [-0.25, -0.2) is 0 Å². The molecule has 1 aromatic rings. The SMILES string of the molecule is CSCC(C)Nc1cccc(N)c1C. The van der Waals surface area contributed by atoms with Gasteiger partial charge in [0.25, 0.3) is 0 Å². The summed E-state index contributed by atoms with van der Waals surface area (Å²) < 4.78 is 0. The Hall–Kier alpha value is -0.830. The lowest BCUT2D eigenvalue weighted by Crippen LogP contribution is -2.18. The van der Waals surface area contributed by atoms with Gasteiger partial charge in [-0.2, -0.15) is 11.8 Å². The first-order chi connectivity index (χ1) is 6.65. The minimum absolute atomic E-state index is 0.477. The van der Waals surface area contributed by atoms with Crippen LogP contribution in [-0.4, -0.2) is 18.1 Å². The Morgan fingerprint density at radius 1 is 1.50 bits per heavy atom. The lowest BCUT2D eigenvalue weighted by atomic mass is 10.1. The van der Waals surface area contributed by atoms with Gasteiger partial charge in [0.2, 0.25) is 0 Å². The van der Waals surface area contributed by atoms with Crippen molar-refractivity contribution in [2.75, 3.05) is 23.1 Å². The van der Waals surface area contributed by atoms with Crippen LogP contribution in [-0.2, 0) is 0 Å². The molecule has 0 spiro atoms. The third-order valence-electron chi connectivity index (χ3n) is 2.19. The second-order valence-electron chi connectivity index (χ2n) is 3.52. The van der Waals surface area contributed by atoms with Crippen LogP contribution in [0.25, 0.3) is 0 Å². The van der Waals surface area contributed by atoms with Crippen LogP contribution in [0.15, 0.2) is 18.2 Å². The smallest absolute Gasteiger partial charge is 0.0392 e. The van der Waals surface area contributed by atoms with Crippen LogP contribution in [0.1, 0.15) is 12.5 Å². The third kappa shape index (κ3) is 2.84. The van der Waals surface area contributed by atoms with E-state index in [-0.39, 0.29) is 0 Å². The molecule has 0 fully saturated rings. The van der Waals surface area contributed by atoms with E-state index in [9.17, 15) is 0 Å². The van der Waals surface area contributed by atoms with E-state index in [1.165, 1.54) is 0 Å². The summed E-state index contributed by atoms with van der Waals surface area (Å²) in [6.45, 7) is 4.22. The first kappa shape index (κ1) is 11.2. The molecular weight excluding hydrogens is 192 g/mol. The molecule has 0 heterocycles. The van der Waals surface area contributed by atoms with Gasteiger partial charge in [0.15, 0.2) is 0 Å². The maximum Gasteiger partial charge on any atom is 0.0392 e. The molecule has 2 nitrogen and oxygen atoms in total. The first-order valence-electron chi connectivity index (χ1n) is 4.75. The largest absolute Gasteiger partial charge is 0.398 e. The van der Waals surface area contributed by atoms with Crippen LogP contribution in [0.5, 0.6) is 0 Å². The number of benzene rings is 1. The lowest BCUT2D eigenvalue weighted by molar-refractivity contribution is 0.912. The molecule has 0 amide bonds. The Kier molecular flexibility index (Phi) is 4.14. The standard InChI is InChI=1S/C11H18N2S/c1-8(7-14-3)13-11-6-4-5-10(12)9(11)2/h4-6,8,13H,7,12H2,1-3H3. The highest BCUT2D eigenvalue weighted by molar-refractivity contribution is 7.98. The second-order valence-corrected chi connectivity index (χ2v) is 4.43. The number of nitrogens with two attached hydrogens (primary N) is 1. The molecule has 3 heteroatoms. The molecule has 14 heavy (non-hydrogen) atoms. The van der Waals surface area contributed by atoms with E-state index >= 15 is 0 Å². The van der Waals surface area contributed by atoms with Gasteiger partial charge in [0.05, 0.1) is 0 Å². The number of thioether (sulfide) groups is 1. The molecule has 1 unspecified atom stereocenters. The van der Waals surface area contributed by atoms with Gasteiger partial charge in [-0.05, 0) is 37.8 Å². The Morgan fingerprint density at radius 2 is 2.21 bits per heavy atom. The summed E-state index contributed by atoms with van der Waals surface area (Å²) in [6, 6.07) is 6.46. The molecule has 0 aliphatic carbocycles. The van der Waals surface area contributed by atoms with Gasteiger partial charge >= 0.3 is 0 Å². The average molecular weight is 210 g/mol. The van der Waals surface area contributed by atoms with E-state index in [2.05, 4.69) is 24.6 Å². The molecule has 0 aliphatic heterocycles. The highest BCUT2D eigenvalue weighted by Crippen LogP contribution is 2.21. The zero-order chi connectivity index (χ0) is 10.6. The molecular formula is C11H18N2S. The second kappa shape index (κ2) is 5.15. The zero-order valence-corrected chi connectivity index (χ0v) is 9.82. The number of rotatable bonds is 4. The average Bonchev–Trinajstić information content (AvgIpc) is 2.13. The highest BCUT2D eigenvalue weighted by atomic mass is 32.2. The van der Waals surface area contributed by atoms with Crippen LogP contribution in [0.4, 0.5) is 11.4 Å². The Morgan fingerprint density at radius 3 is 2.86 bits per heavy atom. The van der Waals surface area contributed by atoms with Crippen LogP contribution >= 0.6 is 11.8 Å². The Bertz CT molecular complexity index is 299. The number of hydrogen-bond donors (Lipinski definition) is 2. The minimum Gasteiger partial charge on any atom is -0.398 e. The fourth-order valence-electron chi connectivity index (χ4n) is 1.37. The van der Waals surface area contributed by atoms with Crippen molar-refractivity contribution in [1.29, 1.82) is 0 Å². The minimum atomic E-state index is 0.477. The van der Waals surface area contributed by atoms with Gasteiger partial charge in [-0.15, -0.1) is 0 Å². The monoisotopic (exact) mass is 210 g/mol. The van der Waals surface area contributed by atoms with Gasteiger partial charge in [-0.3, -0.25) is 0 Å². The van der Waals surface area contributed by atoms with Gasteiger partial charge in [-0.1, -0.05) is 6.07 Å². The van der Waals surface area contributed by atoms with Crippen molar-refractivity contribution in [2.24, 2.45) is 0 Å². The van der Waals surface area contributed by atoms with Crippen LogP contribution in [0, 0.1) is 6.92 Å². The summed E-state index contributed by atoms with van der Waals surface area (Å²) in [5.74, 6) is 1.11. The van der Waals surface area contributed by atoms with E-state index < -0.39 is 0 Å². The molecule has 1 rings (SSSR count). The van der Waals surface area contributed by atoms with Gasteiger partial charge in [0.1, 0.15) is 0 Å². The summed E-state index contributed by atoms with van der Waals surface area (Å²) in [4.78, 5) is 0. The Balaban J connectivity index is 2.71. The summed E-state index contributed by atoms with van der Waals surface area (Å²) in [7, 11) is 0. The van der Waals surface area contributed by atoms with Gasteiger partial charge in [0, 0.05) is 23.2 Å². The fourth-order valence-corrected chi connectivity index (χ4v) is 1.95. The van der Waals surface area contributed by atoms with Crippen molar-refractivity contribution in [3.05, 3.63) is 23.8 Å². The van der Waals surface area contributed by atoms with Crippen molar-refractivity contribution < 1.29 is 0 Å². The molecule has 78 valence electrons. The molecule has 1 aromatic carbocycles. The van der Waals surface area contributed by atoms with E-state index in [0.717, 1.165) is 22.7 Å². The molecule has 3 N–H and O–H groups in total. The normalized spacial score (nSPS) is 12.5. The molecule has 1 atom stereocenters. The van der Waals surface area contributed by atoms with Crippen molar-refractivity contribution in [2.45, 2.75) is 19.9 Å². The van der Waals surface area contributed by atoms with E-state index in [0.29, 0.717) is 6.04 Å². The molecule has 0 bridgehead atoms. The van der Waals surface area contributed by atoms with Crippen LogP contribution in [0.3, 0.4) is 0 Å². The van der Waals surface area contributed by atoms with Crippen molar-refractivity contribution in [3.63, 3.8) is 0 Å². The van der Waals surface area contributed by atoms with E-state index in [1.807, 2.05) is 30.8 Å². The lowest BCUT2D eigenvalue weighted by Gasteiger charge is -2.16. The first-order valence-corrected chi connectivity index (χ1v) is 6.15. The molecule has 0 aliphatic rings. The Labute approximate surface area is 90.3 Å². The molecule has 0 aromatic heterocycles. The van der Waals surface area contributed by atoms with E-state index in [1.54, 1.807) is 0 Å². The van der Waals surface area contributed by atoms with Crippen LogP contribution < -0.4 is 11.1 Å². The third-order valence-corrected chi connectivity index (χ3v) is 3.03. The molecule has 0 saturated carbocycles. The van der Waals surface area contributed by atoms with E-state index in [4.69, 9.17) is 5.73 Å². The summed E-state index contributed by atoms with van der Waals surface area (Å²) in [5.41, 5.74) is 8.96. The van der Waals surface area contributed by atoms with Gasteiger partial charge < -0.3 is 11.1 Å². The van der Waals surface area contributed by atoms with Crippen LogP contribution in [0.2, 0.25) is 0 Å². The summed E-state index contributed by atoms with van der Waals surface area (Å²) in [5, 5.41) is 3.45. The maximum atomic E-state index is 5.83. The quantitative estimate of drug-likeness (QED) is 0.750. The number of anilines is 2. The predicted molar refractivity (Wildman–Crippen MR) is 67.1 cm³/mol. The molecule has 0 saturated heterocycles. The van der Waals surface area contributed by atoms with Crippen molar-refractivity contribution in [3.8, 4) is 0 Å².